The van der Waals surface area contributed by atoms with Crippen molar-refractivity contribution in [3.05, 3.63) is 43.5 Å². The van der Waals surface area contributed by atoms with Crippen LogP contribution in [0.3, 0.4) is 0 Å². The summed E-state index contributed by atoms with van der Waals surface area (Å²) < 4.78 is 2.15. The Morgan fingerprint density at radius 3 is 2.81 bits per heavy atom. The zero-order valence-corrected chi connectivity index (χ0v) is 12.7. The van der Waals surface area contributed by atoms with Crippen LogP contribution in [-0.4, -0.2) is 5.11 Å². The van der Waals surface area contributed by atoms with Crippen molar-refractivity contribution >= 4 is 38.5 Å². The van der Waals surface area contributed by atoms with Gasteiger partial charge in [0.2, 0.25) is 0 Å². The molecule has 16 heavy (non-hydrogen) atoms. The molecule has 1 aliphatic carbocycles. The molecule has 1 nitrogen and oxygen atoms in total. The summed E-state index contributed by atoms with van der Waals surface area (Å²) >= 11 is 5.74. The van der Waals surface area contributed by atoms with E-state index in [1.807, 2.05) is 18.2 Å². The van der Waals surface area contributed by atoms with Gasteiger partial charge in [0.15, 0.2) is 0 Å². The summed E-state index contributed by atoms with van der Waals surface area (Å²) in [5.41, 5.74) is 2.20. The molecule has 0 bridgehead atoms. The van der Waals surface area contributed by atoms with Gasteiger partial charge in [0, 0.05) is 8.04 Å². The van der Waals surface area contributed by atoms with Crippen LogP contribution in [0.4, 0.5) is 0 Å². The lowest BCUT2D eigenvalue weighted by Gasteiger charge is -2.20. The van der Waals surface area contributed by atoms with Gasteiger partial charge in [-0.3, -0.25) is 0 Å². The Morgan fingerprint density at radius 1 is 1.31 bits per heavy atom. The number of benzene rings is 1. The summed E-state index contributed by atoms with van der Waals surface area (Å²) in [6.07, 6.45) is 6.37. The maximum Gasteiger partial charge on any atom is 0.101 e. The lowest BCUT2D eigenvalue weighted by molar-refractivity contribution is 0.207. The van der Waals surface area contributed by atoms with Gasteiger partial charge in [0.25, 0.3) is 0 Å². The average molecular weight is 393 g/mol. The zero-order chi connectivity index (χ0) is 11.5. The number of aliphatic hydroxyl groups is 1. The molecular formula is C13H14BrIO. The highest BCUT2D eigenvalue weighted by molar-refractivity contribution is 14.1. The van der Waals surface area contributed by atoms with Crippen LogP contribution in [0.2, 0.25) is 0 Å². The third-order valence-electron chi connectivity index (χ3n) is 2.93. The molecule has 0 fully saturated rings. The molecule has 1 atom stereocenters. The van der Waals surface area contributed by atoms with Gasteiger partial charge in [-0.2, -0.15) is 0 Å². The van der Waals surface area contributed by atoms with Crippen molar-refractivity contribution in [2.75, 3.05) is 0 Å². The SMILES string of the molecule is OC(C1=CCCCC1)c1cc(Br)ccc1I. The van der Waals surface area contributed by atoms with Gasteiger partial charge < -0.3 is 5.11 Å². The minimum Gasteiger partial charge on any atom is -0.384 e. The number of aliphatic hydroxyl groups excluding tert-OH is 1. The number of allylic oxidation sites excluding steroid dienone is 1. The largest absolute Gasteiger partial charge is 0.384 e. The molecule has 0 saturated heterocycles. The van der Waals surface area contributed by atoms with Crippen molar-refractivity contribution in [2.24, 2.45) is 0 Å². The summed E-state index contributed by atoms with van der Waals surface area (Å²) in [4.78, 5) is 0. The minimum atomic E-state index is -0.426. The molecule has 0 aliphatic heterocycles. The lowest BCUT2D eigenvalue weighted by atomic mass is 9.92. The summed E-state index contributed by atoms with van der Waals surface area (Å²) in [5, 5.41) is 10.4. The normalized spacial score (nSPS) is 18.1. The van der Waals surface area contributed by atoms with E-state index >= 15 is 0 Å². The molecule has 1 aromatic rings. The van der Waals surface area contributed by atoms with Crippen LogP contribution in [0.1, 0.15) is 37.4 Å². The molecule has 0 aromatic heterocycles. The van der Waals surface area contributed by atoms with Gasteiger partial charge in [-0.25, -0.2) is 0 Å². The van der Waals surface area contributed by atoms with E-state index in [9.17, 15) is 5.11 Å². The monoisotopic (exact) mass is 392 g/mol. The first-order valence-corrected chi connectivity index (χ1v) is 7.37. The molecule has 0 heterocycles. The van der Waals surface area contributed by atoms with Crippen LogP contribution in [0, 0.1) is 3.57 Å². The van der Waals surface area contributed by atoms with Gasteiger partial charge in [-0.1, -0.05) is 22.0 Å². The Labute approximate surface area is 118 Å². The van der Waals surface area contributed by atoms with Gasteiger partial charge in [0.05, 0.1) is 0 Å². The first-order chi connectivity index (χ1) is 7.68. The smallest absolute Gasteiger partial charge is 0.101 e. The van der Waals surface area contributed by atoms with Crippen LogP contribution in [0.5, 0.6) is 0 Å². The van der Waals surface area contributed by atoms with E-state index in [0.29, 0.717) is 0 Å². The number of hydrogen-bond acceptors (Lipinski definition) is 1. The van der Waals surface area contributed by atoms with Crippen molar-refractivity contribution in [1.29, 1.82) is 0 Å². The van der Waals surface area contributed by atoms with Crippen molar-refractivity contribution in [1.82, 2.24) is 0 Å². The number of rotatable bonds is 2. The van der Waals surface area contributed by atoms with Crippen molar-refractivity contribution in [3.8, 4) is 0 Å². The summed E-state index contributed by atoms with van der Waals surface area (Å²) in [6.45, 7) is 0. The van der Waals surface area contributed by atoms with Crippen LogP contribution in [0.15, 0.2) is 34.3 Å². The van der Waals surface area contributed by atoms with Crippen LogP contribution in [0.25, 0.3) is 0 Å². The van der Waals surface area contributed by atoms with E-state index in [1.54, 1.807) is 0 Å². The third kappa shape index (κ3) is 2.87. The van der Waals surface area contributed by atoms with Crippen molar-refractivity contribution < 1.29 is 5.11 Å². The molecule has 1 unspecified atom stereocenters. The summed E-state index contributed by atoms with van der Waals surface area (Å²) in [6, 6.07) is 6.06. The maximum atomic E-state index is 10.4. The van der Waals surface area contributed by atoms with Gasteiger partial charge in [-0.15, -0.1) is 0 Å². The van der Waals surface area contributed by atoms with E-state index in [1.165, 1.54) is 18.4 Å². The first-order valence-electron chi connectivity index (χ1n) is 5.50. The quantitative estimate of drug-likeness (QED) is 0.576. The summed E-state index contributed by atoms with van der Waals surface area (Å²) in [5.74, 6) is 0. The molecular weight excluding hydrogens is 379 g/mol. The molecule has 0 spiro atoms. The highest BCUT2D eigenvalue weighted by Crippen LogP contribution is 2.33. The molecule has 3 heteroatoms. The molecule has 1 aliphatic rings. The molecule has 86 valence electrons. The Morgan fingerprint density at radius 2 is 2.12 bits per heavy atom. The second-order valence-corrected chi connectivity index (χ2v) is 6.17. The predicted octanol–water partition coefficient (Wildman–Crippen LogP) is 4.59. The lowest BCUT2D eigenvalue weighted by Crippen LogP contribution is -2.06. The van der Waals surface area contributed by atoms with Crippen molar-refractivity contribution in [3.63, 3.8) is 0 Å². The molecule has 1 aromatic carbocycles. The topological polar surface area (TPSA) is 20.2 Å². The summed E-state index contributed by atoms with van der Waals surface area (Å²) in [7, 11) is 0. The van der Waals surface area contributed by atoms with Crippen LogP contribution >= 0.6 is 38.5 Å². The molecule has 0 amide bonds. The molecule has 0 radical (unpaired) electrons. The standard InChI is InChI=1S/C13H14BrIO/c14-10-6-7-12(15)11(8-10)13(16)9-4-2-1-3-5-9/h4,6-8,13,16H,1-3,5H2. The predicted molar refractivity (Wildman–Crippen MR) is 78.4 cm³/mol. The Balaban J connectivity index is 2.29. The van der Waals surface area contributed by atoms with Crippen molar-refractivity contribution in [2.45, 2.75) is 31.8 Å². The first kappa shape index (κ1) is 12.6. The molecule has 2 rings (SSSR count). The highest BCUT2D eigenvalue weighted by Gasteiger charge is 2.17. The molecule has 1 N–H and O–H groups in total. The van der Waals surface area contributed by atoms with E-state index in [2.05, 4.69) is 44.6 Å². The van der Waals surface area contributed by atoms with Gasteiger partial charge in [-0.05, 0) is 77.6 Å². The van der Waals surface area contributed by atoms with E-state index < -0.39 is 6.10 Å². The second kappa shape index (κ2) is 5.65. The number of halogens is 2. The van der Waals surface area contributed by atoms with E-state index in [4.69, 9.17) is 0 Å². The minimum absolute atomic E-state index is 0.426. The number of hydrogen-bond donors (Lipinski definition) is 1. The van der Waals surface area contributed by atoms with Gasteiger partial charge >= 0.3 is 0 Å². The van der Waals surface area contributed by atoms with E-state index in [-0.39, 0.29) is 0 Å². The third-order valence-corrected chi connectivity index (χ3v) is 4.41. The molecule has 0 saturated carbocycles. The van der Waals surface area contributed by atoms with Gasteiger partial charge in [0.1, 0.15) is 6.10 Å². The fraction of sp³-hybridized carbons (Fsp3) is 0.385. The Bertz CT molecular complexity index is 414. The van der Waals surface area contributed by atoms with Crippen LogP contribution < -0.4 is 0 Å². The maximum absolute atomic E-state index is 10.4. The van der Waals surface area contributed by atoms with Crippen LogP contribution in [-0.2, 0) is 0 Å². The Hall–Kier alpha value is 0.130. The second-order valence-electron chi connectivity index (χ2n) is 4.09. The fourth-order valence-corrected chi connectivity index (χ4v) is 3.04. The van der Waals surface area contributed by atoms with E-state index in [0.717, 1.165) is 26.4 Å². The zero-order valence-electron chi connectivity index (χ0n) is 8.92. The highest BCUT2D eigenvalue weighted by atomic mass is 127. The Kier molecular flexibility index (Phi) is 4.44. The fourth-order valence-electron chi connectivity index (χ4n) is 2.04. The average Bonchev–Trinajstić information content (AvgIpc) is 2.32.